The van der Waals surface area contributed by atoms with Gasteiger partial charge in [0, 0.05) is 24.6 Å². The molecule has 0 heterocycles. The monoisotopic (exact) mass is 376 g/mol. The van der Waals surface area contributed by atoms with Gasteiger partial charge in [0.2, 0.25) is 15.9 Å². The molecule has 0 radical (unpaired) electrons. The van der Waals surface area contributed by atoms with Crippen molar-refractivity contribution in [2.45, 2.75) is 25.7 Å². The maximum absolute atomic E-state index is 12.5. The normalized spacial score (nSPS) is 11.7. The average Bonchev–Trinajstić information content (AvgIpc) is 2.39. The first kappa shape index (κ1) is 18.1. The van der Waals surface area contributed by atoms with Gasteiger partial charge in [-0.05, 0) is 54.4 Å². The lowest BCUT2D eigenvalue weighted by atomic mass is 10.2. The lowest BCUT2D eigenvalue weighted by Gasteiger charge is -2.23. The van der Waals surface area contributed by atoms with E-state index < -0.39 is 10.0 Å². The van der Waals surface area contributed by atoms with E-state index in [4.69, 9.17) is 0 Å². The van der Waals surface area contributed by atoms with Gasteiger partial charge < -0.3 is 4.90 Å². The van der Waals surface area contributed by atoms with Crippen LogP contribution >= 0.6 is 15.9 Å². The van der Waals surface area contributed by atoms with Gasteiger partial charge in [-0.15, -0.1) is 0 Å². The second-order valence-corrected chi connectivity index (χ2v) is 7.63. The fraction of sp³-hybridized carbons (Fsp3) is 0.500. The van der Waals surface area contributed by atoms with Crippen molar-refractivity contribution in [3.63, 3.8) is 0 Å². The van der Waals surface area contributed by atoms with E-state index in [1.807, 2.05) is 20.8 Å². The summed E-state index contributed by atoms with van der Waals surface area (Å²) in [6.07, 6.45) is 0. The zero-order chi connectivity index (χ0) is 16.2. The Balaban J connectivity index is 2.99. The minimum absolute atomic E-state index is 0.162. The van der Waals surface area contributed by atoms with E-state index in [9.17, 15) is 13.2 Å². The molecule has 1 aromatic carbocycles. The van der Waals surface area contributed by atoms with E-state index in [-0.39, 0.29) is 17.3 Å². The molecule has 21 heavy (non-hydrogen) atoms. The summed E-state index contributed by atoms with van der Waals surface area (Å²) in [5.74, 6) is -0.200. The summed E-state index contributed by atoms with van der Waals surface area (Å²) in [6, 6.07) is 5.03. The number of benzene rings is 1. The van der Waals surface area contributed by atoms with Gasteiger partial charge in [0.1, 0.15) is 0 Å². The highest BCUT2D eigenvalue weighted by atomic mass is 79.9. The van der Waals surface area contributed by atoms with Crippen LogP contribution in [0.4, 0.5) is 0 Å². The summed E-state index contributed by atoms with van der Waals surface area (Å²) in [5, 5.41) is 0. The lowest BCUT2D eigenvalue weighted by molar-refractivity contribution is -0.130. The summed E-state index contributed by atoms with van der Waals surface area (Å²) in [6.45, 7) is 6.59. The maximum Gasteiger partial charge on any atom is 0.244 e. The molecule has 7 heteroatoms. The van der Waals surface area contributed by atoms with Gasteiger partial charge in [0.15, 0.2) is 0 Å². The average molecular weight is 377 g/mol. The second-order valence-electron chi connectivity index (χ2n) is 4.76. The summed E-state index contributed by atoms with van der Waals surface area (Å²) in [5.41, 5.74) is 0.961. The van der Waals surface area contributed by atoms with Crippen molar-refractivity contribution in [3.05, 3.63) is 28.2 Å². The van der Waals surface area contributed by atoms with Crippen molar-refractivity contribution in [2.75, 3.05) is 26.7 Å². The quantitative estimate of drug-likeness (QED) is 0.764. The lowest BCUT2D eigenvalue weighted by Crippen LogP contribution is -2.41. The zero-order valence-corrected chi connectivity index (χ0v) is 15.2. The topological polar surface area (TPSA) is 57.7 Å². The maximum atomic E-state index is 12.5. The molecule has 0 aliphatic heterocycles. The van der Waals surface area contributed by atoms with Crippen LogP contribution in [-0.4, -0.2) is 50.2 Å². The van der Waals surface area contributed by atoms with Crippen LogP contribution in [0.5, 0.6) is 0 Å². The molecule has 0 unspecified atom stereocenters. The molecule has 0 saturated carbocycles. The largest absolute Gasteiger partial charge is 0.342 e. The van der Waals surface area contributed by atoms with E-state index in [0.717, 1.165) is 9.87 Å². The molecule has 0 aromatic heterocycles. The number of carbonyl (C=O) groups is 1. The molecule has 0 atom stereocenters. The van der Waals surface area contributed by atoms with Gasteiger partial charge in [0.05, 0.1) is 11.4 Å². The molecule has 0 spiro atoms. The molecule has 0 N–H and O–H groups in total. The van der Waals surface area contributed by atoms with E-state index in [1.54, 1.807) is 23.1 Å². The van der Waals surface area contributed by atoms with Crippen LogP contribution in [0, 0.1) is 6.92 Å². The van der Waals surface area contributed by atoms with Crippen molar-refractivity contribution >= 4 is 31.9 Å². The van der Waals surface area contributed by atoms with Gasteiger partial charge >= 0.3 is 0 Å². The first-order valence-corrected chi connectivity index (χ1v) is 8.97. The molecule has 0 fully saturated rings. The molecular formula is C14H21BrN2O3S. The summed E-state index contributed by atoms with van der Waals surface area (Å²) < 4.78 is 26.6. The first-order valence-electron chi connectivity index (χ1n) is 6.74. The third-order valence-electron chi connectivity index (χ3n) is 3.25. The smallest absolute Gasteiger partial charge is 0.244 e. The zero-order valence-electron chi connectivity index (χ0n) is 12.8. The van der Waals surface area contributed by atoms with Gasteiger partial charge in [-0.1, -0.05) is 6.07 Å². The highest BCUT2D eigenvalue weighted by Crippen LogP contribution is 2.25. The van der Waals surface area contributed by atoms with E-state index in [0.29, 0.717) is 17.6 Å². The molecule has 1 aromatic rings. The Labute approximate surface area is 135 Å². The van der Waals surface area contributed by atoms with Crippen LogP contribution in [0.15, 0.2) is 27.6 Å². The van der Waals surface area contributed by atoms with Crippen LogP contribution in [-0.2, 0) is 14.8 Å². The molecule has 0 aliphatic rings. The molecule has 5 nitrogen and oxygen atoms in total. The fourth-order valence-electron chi connectivity index (χ4n) is 1.93. The van der Waals surface area contributed by atoms with Gasteiger partial charge in [-0.2, -0.15) is 4.31 Å². The highest BCUT2D eigenvalue weighted by molar-refractivity contribution is 9.10. The Kier molecular flexibility index (Phi) is 6.37. The first-order chi connectivity index (χ1) is 9.73. The third kappa shape index (κ3) is 4.28. The molecule has 1 rings (SSSR count). The molecule has 0 aliphatic carbocycles. The van der Waals surface area contributed by atoms with E-state index in [1.165, 1.54) is 7.05 Å². The number of aryl methyl sites for hydroxylation is 1. The van der Waals surface area contributed by atoms with Crippen LogP contribution < -0.4 is 0 Å². The van der Waals surface area contributed by atoms with Crippen LogP contribution in [0.3, 0.4) is 0 Å². The number of likely N-dealkylation sites (N-methyl/N-ethyl adjacent to an activating group) is 2. The predicted molar refractivity (Wildman–Crippen MR) is 86.6 cm³/mol. The molecule has 0 saturated heterocycles. The van der Waals surface area contributed by atoms with Crippen molar-refractivity contribution < 1.29 is 13.2 Å². The van der Waals surface area contributed by atoms with Crippen molar-refractivity contribution in [1.82, 2.24) is 9.21 Å². The number of halogens is 1. The molecule has 0 bridgehead atoms. The number of nitrogens with zero attached hydrogens (tertiary/aromatic N) is 2. The number of sulfonamides is 1. The van der Waals surface area contributed by atoms with Crippen LogP contribution in [0.25, 0.3) is 0 Å². The molecular weight excluding hydrogens is 356 g/mol. The number of amides is 1. The second kappa shape index (κ2) is 7.38. The number of hydrogen-bond donors (Lipinski definition) is 0. The Morgan fingerprint density at radius 2 is 1.81 bits per heavy atom. The standard InChI is InChI=1S/C14H21BrN2O3S/c1-5-17(6-2)14(18)10-16(4)21(19,20)13-8-7-11(3)9-12(13)15/h7-9H,5-6,10H2,1-4H3. The van der Waals surface area contributed by atoms with Crippen LogP contribution in [0.1, 0.15) is 19.4 Å². The Bertz CT molecular complexity index is 613. The van der Waals surface area contributed by atoms with Crippen molar-refractivity contribution in [2.24, 2.45) is 0 Å². The Hall–Kier alpha value is -0.920. The summed E-state index contributed by atoms with van der Waals surface area (Å²) in [4.78, 5) is 13.8. The van der Waals surface area contributed by atoms with Gasteiger partial charge in [-0.25, -0.2) is 8.42 Å². The number of rotatable bonds is 6. The summed E-state index contributed by atoms with van der Waals surface area (Å²) >= 11 is 3.27. The summed E-state index contributed by atoms with van der Waals surface area (Å²) in [7, 11) is -2.27. The van der Waals surface area contributed by atoms with Gasteiger partial charge in [0.25, 0.3) is 0 Å². The minimum atomic E-state index is -3.69. The highest BCUT2D eigenvalue weighted by Gasteiger charge is 2.26. The van der Waals surface area contributed by atoms with Gasteiger partial charge in [-0.3, -0.25) is 4.79 Å². The number of hydrogen-bond acceptors (Lipinski definition) is 3. The predicted octanol–water partition coefficient (Wildman–Crippen LogP) is 2.25. The van der Waals surface area contributed by atoms with E-state index >= 15 is 0 Å². The Morgan fingerprint density at radius 3 is 2.29 bits per heavy atom. The minimum Gasteiger partial charge on any atom is -0.342 e. The van der Waals surface area contributed by atoms with Crippen molar-refractivity contribution in [3.8, 4) is 0 Å². The van der Waals surface area contributed by atoms with Crippen LogP contribution in [0.2, 0.25) is 0 Å². The number of carbonyl (C=O) groups excluding carboxylic acids is 1. The SMILES string of the molecule is CCN(CC)C(=O)CN(C)S(=O)(=O)c1ccc(C)cc1Br. The third-order valence-corrected chi connectivity index (χ3v) is 6.03. The van der Waals surface area contributed by atoms with Crippen molar-refractivity contribution in [1.29, 1.82) is 0 Å². The Morgan fingerprint density at radius 1 is 1.24 bits per heavy atom. The molecule has 118 valence electrons. The molecule has 1 amide bonds. The van der Waals surface area contributed by atoms with E-state index in [2.05, 4.69) is 15.9 Å². The fourth-order valence-corrected chi connectivity index (χ4v) is 4.20.